The third kappa shape index (κ3) is 6.26. The molecule has 0 amide bonds. The molecule has 0 fully saturated rings. The Morgan fingerprint density at radius 2 is 0.867 bits per heavy atom. The summed E-state index contributed by atoms with van der Waals surface area (Å²) in [7, 11) is -2.08. The molecule has 0 saturated carbocycles. The van der Waals surface area contributed by atoms with Crippen LogP contribution in [0.2, 0.25) is 0 Å². The first-order valence-corrected chi connectivity index (χ1v) is 18.4. The average molecular weight is 626 g/mol. The zero-order chi connectivity index (χ0) is 31.0. The summed E-state index contributed by atoms with van der Waals surface area (Å²) in [5.74, 6) is 1.46. The van der Waals surface area contributed by atoms with Crippen molar-refractivity contribution in [2.24, 2.45) is 4.74 Å². The molecule has 4 nitrogen and oxygen atoms in total. The van der Waals surface area contributed by atoms with Gasteiger partial charge in [0.15, 0.2) is 0 Å². The zero-order valence-electron chi connectivity index (χ0n) is 25.3. The first-order valence-electron chi connectivity index (χ1n) is 14.8. The number of para-hydroxylation sites is 2. The van der Waals surface area contributed by atoms with E-state index in [-0.39, 0.29) is 0 Å². The molecule has 224 valence electrons. The Labute approximate surface area is 266 Å². The van der Waals surface area contributed by atoms with Gasteiger partial charge in [0.25, 0.3) is 0 Å². The van der Waals surface area contributed by atoms with Crippen molar-refractivity contribution in [3.63, 3.8) is 0 Å². The Kier molecular flexibility index (Phi) is 9.36. The molecule has 6 aromatic rings. The van der Waals surface area contributed by atoms with E-state index in [0.717, 1.165) is 44.1 Å². The Hall–Kier alpha value is -4.75. The van der Waals surface area contributed by atoms with Gasteiger partial charge in [0.2, 0.25) is 0 Å². The van der Waals surface area contributed by atoms with Gasteiger partial charge in [-0.1, -0.05) is 157 Å². The molecule has 6 heteroatoms. The maximum atomic E-state index is 5.87. The molecule has 0 aliphatic rings. The highest BCUT2D eigenvalue weighted by molar-refractivity contribution is 8.09. The summed E-state index contributed by atoms with van der Waals surface area (Å²) in [5.41, 5.74) is 4.11. The normalized spacial score (nSPS) is 11.3. The summed E-state index contributed by atoms with van der Waals surface area (Å²) >= 11 is 0. The third-order valence-electron chi connectivity index (χ3n) is 7.63. The van der Waals surface area contributed by atoms with Crippen LogP contribution in [0.4, 0.5) is 11.4 Å². The van der Waals surface area contributed by atoms with Gasteiger partial charge in [-0.05, 0) is 34.3 Å². The lowest BCUT2D eigenvalue weighted by Crippen LogP contribution is -2.22. The number of benzene rings is 6. The molecule has 0 unspecified atom stereocenters. The molecular formula is C39H35N2O2P2-. The lowest BCUT2D eigenvalue weighted by atomic mass is 10.3. The number of hydrogen-bond donors (Lipinski definition) is 0. The van der Waals surface area contributed by atoms with E-state index in [1.165, 1.54) is 0 Å². The van der Waals surface area contributed by atoms with Gasteiger partial charge >= 0.3 is 0 Å². The molecule has 45 heavy (non-hydrogen) atoms. The highest BCUT2D eigenvalue weighted by Gasteiger charge is 2.28. The molecule has 6 aromatic carbocycles. The number of hydrogen-bond acceptors (Lipinski definition) is 3. The maximum absolute atomic E-state index is 5.87. The van der Waals surface area contributed by atoms with E-state index in [0.29, 0.717) is 0 Å². The molecule has 0 N–H and O–H groups in total. The number of nitrogens with zero attached hydrogens (tertiary/aromatic N) is 2. The minimum Gasteiger partial charge on any atom is -0.649 e. The molecule has 6 rings (SSSR count). The maximum Gasteiger partial charge on any atom is 0.144 e. The van der Waals surface area contributed by atoms with Gasteiger partial charge in [-0.2, -0.15) is 0 Å². The van der Waals surface area contributed by atoms with Crippen molar-refractivity contribution < 1.29 is 9.47 Å². The van der Waals surface area contributed by atoms with Crippen LogP contribution in [0.15, 0.2) is 175 Å². The van der Waals surface area contributed by atoms with Crippen LogP contribution in [0.3, 0.4) is 0 Å². The molecule has 0 aromatic heterocycles. The van der Waals surface area contributed by atoms with Crippen molar-refractivity contribution >= 4 is 52.2 Å². The zero-order valence-corrected chi connectivity index (χ0v) is 27.1. The summed E-state index contributed by atoms with van der Waals surface area (Å²) in [5, 5.41) is 10.3. The Morgan fingerprint density at radius 1 is 0.467 bits per heavy atom. The SMILES string of the molecule is COc1ccccc1N=P(C=P([N-]c1ccccc1OC)(c1ccccc1)c1ccccc1)(c1ccccc1)c1ccccc1. The number of ether oxygens (including phenoxy) is 2. The lowest BCUT2D eigenvalue weighted by molar-refractivity contribution is 0.416. The molecule has 0 saturated heterocycles. The molecule has 0 radical (unpaired) electrons. The average Bonchev–Trinajstić information content (AvgIpc) is 3.13. The Bertz CT molecular complexity index is 1880. The fraction of sp³-hybridized carbons (Fsp3) is 0.0513. The second-order valence-electron chi connectivity index (χ2n) is 10.4. The predicted molar refractivity (Wildman–Crippen MR) is 195 cm³/mol. The van der Waals surface area contributed by atoms with Gasteiger partial charge in [-0.25, -0.2) is 0 Å². The van der Waals surface area contributed by atoms with Crippen molar-refractivity contribution in [3.05, 3.63) is 175 Å². The highest BCUT2D eigenvalue weighted by atomic mass is 31.2. The lowest BCUT2D eigenvalue weighted by Gasteiger charge is -2.45. The highest BCUT2D eigenvalue weighted by Crippen LogP contribution is 2.64. The van der Waals surface area contributed by atoms with Crippen molar-refractivity contribution in [1.82, 2.24) is 0 Å². The molecule has 0 aliphatic carbocycles. The summed E-state index contributed by atoms with van der Waals surface area (Å²) in [6.45, 7) is 0. The number of methoxy groups -OCH3 is 2. The van der Waals surface area contributed by atoms with Gasteiger partial charge in [-0.3, -0.25) is 4.74 Å². The van der Waals surface area contributed by atoms with Gasteiger partial charge in [-0.15, -0.1) is 7.04 Å². The van der Waals surface area contributed by atoms with E-state index in [1.54, 1.807) is 14.2 Å². The molecule has 0 aliphatic heterocycles. The van der Waals surface area contributed by atoms with Crippen LogP contribution in [-0.2, 0) is 0 Å². The molecule has 0 spiro atoms. The quantitative estimate of drug-likeness (QED) is 0.143. The second kappa shape index (κ2) is 13.9. The number of rotatable bonds is 10. The first-order chi connectivity index (χ1) is 22.2. The van der Waals surface area contributed by atoms with Crippen LogP contribution in [0.25, 0.3) is 5.09 Å². The van der Waals surface area contributed by atoms with Crippen LogP contribution in [0.5, 0.6) is 11.5 Å². The van der Waals surface area contributed by atoms with Crippen LogP contribution >= 0.6 is 14.1 Å². The monoisotopic (exact) mass is 625 g/mol. The van der Waals surface area contributed by atoms with E-state index in [4.69, 9.17) is 19.3 Å². The van der Waals surface area contributed by atoms with Gasteiger partial charge in [0.1, 0.15) is 17.2 Å². The Morgan fingerprint density at radius 3 is 1.36 bits per heavy atom. The second-order valence-corrected chi connectivity index (χ2v) is 16.5. The van der Waals surface area contributed by atoms with Crippen LogP contribution in [-0.4, -0.2) is 19.8 Å². The summed E-state index contributed by atoms with van der Waals surface area (Å²) in [4.78, 5) is 0. The van der Waals surface area contributed by atoms with Crippen molar-refractivity contribution in [2.45, 2.75) is 0 Å². The van der Waals surface area contributed by atoms with Crippen molar-refractivity contribution in [2.75, 3.05) is 14.2 Å². The molecule has 0 heterocycles. The topological polar surface area (TPSA) is 44.9 Å². The largest absolute Gasteiger partial charge is 0.649 e. The van der Waals surface area contributed by atoms with Crippen molar-refractivity contribution in [3.8, 4) is 11.5 Å². The van der Waals surface area contributed by atoms with Crippen LogP contribution in [0, 0.1) is 0 Å². The molecule has 0 atom stereocenters. The van der Waals surface area contributed by atoms with Crippen LogP contribution < -0.4 is 30.7 Å². The molecule has 0 bridgehead atoms. The van der Waals surface area contributed by atoms with Gasteiger partial charge in [0.05, 0.1) is 21.3 Å². The van der Waals surface area contributed by atoms with Crippen LogP contribution in [0.1, 0.15) is 0 Å². The standard InChI is InChI=1S/C39H35N2O2P2/c1-42-38-29-17-15-27-36(38)40-44(32-19-7-3-8-20-32,33-21-9-4-10-22-33)31-45(34-23-11-5-12-24-34,35-25-13-6-14-26-35)41-37-28-16-18-30-39(37)43-2/h3-31H,1-2H3/q-1. The summed E-state index contributed by atoms with van der Waals surface area (Å²) in [6.07, 6.45) is 0. The van der Waals surface area contributed by atoms with Gasteiger partial charge < -0.3 is 14.6 Å². The third-order valence-corrected chi connectivity index (χ3v) is 15.7. The van der Waals surface area contributed by atoms with E-state index in [1.807, 2.05) is 48.5 Å². The summed E-state index contributed by atoms with van der Waals surface area (Å²) in [6, 6.07) is 58.6. The van der Waals surface area contributed by atoms with E-state index < -0.39 is 14.1 Å². The van der Waals surface area contributed by atoms with Crippen molar-refractivity contribution in [1.29, 1.82) is 0 Å². The fourth-order valence-corrected chi connectivity index (χ4v) is 14.5. The summed E-state index contributed by atoms with van der Waals surface area (Å²) < 4.78 is 17.5. The smallest absolute Gasteiger partial charge is 0.144 e. The predicted octanol–water partition coefficient (Wildman–Crippen LogP) is 9.24. The minimum atomic E-state index is -2.74. The molecular weight excluding hydrogens is 590 g/mol. The minimum absolute atomic E-state index is 0.729. The Balaban J connectivity index is 1.85. The fourth-order valence-electron chi connectivity index (χ4n) is 5.47. The van der Waals surface area contributed by atoms with Gasteiger partial charge in [0, 0.05) is 10.6 Å². The van der Waals surface area contributed by atoms with E-state index in [9.17, 15) is 0 Å². The first kappa shape index (κ1) is 30.3. The van der Waals surface area contributed by atoms with E-state index in [2.05, 4.69) is 127 Å². The van der Waals surface area contributed by atoms with E-state index >= 15 is 0 Å².